The number of amides is 1. The van der Waals surface area contributed by atoms with E-state index in [2.05, 4.69) is 10.0 Å². The highest BCUT2D eigenvalue weighted by Gasteiger charge is 2.42. The molecular formula is C12H21F3N2O3S. The highest BCUT2D eigenvalue weighted by atomic mass is 32.2. The molecule has 0 bridgehead atoms. The fourth-order valence-electron chi connectivity index (χ4n) is 2.44. The first-order valence-corrected chi connectivity index (χ1v) is 8.57. The van der Waals surface area contributed by atoms with Crippen LogP contribution in [0, 0.1) is 5.92 Å². The van der Waals surface area contributed by atoms with Gasteiger partial charge in [0.15, 0.2) is 0 Å². The first-order valence-electron chi connectivity index (χ1n) is 6.68. The molecule has 1 amide bonds. The van der Waals surface area contributed by atoms with E-state index < -0.39 is 33.6 Å². The molecule has 0 unspecified atom stereocenters. The Morgan fingerprint density at radius 1 is 1.10 bits per heavy atom. The van der Waals surface area contributed by atoms with E-state index in [0.29, 0.717) is 0 Å². The van der Waals surface area contributed by atoms with Gasteiger partial charge in [-0.25, -0.2) is 13.1 Å². The topological polar surface area (TPSA) is 75.3 Å². The Kier molecular flexibility index (Phi) is 5.31. The number of rotatable bonds is 4. The van der Waals surface area contributed by atoms with Gasteiger partial charge in [-0.1, -0.05) is 0 Å². The molecule has 1 aliphatic carbocycles. The van der Waals surface area contributed by atoms with Gasteiger partial charge in [-0.15, -0.1) is 0 Å². The van der Waals surface area contributed by atoms with Gasteiger partial charge in [-0.05, 0) is 39.5 Å². The Labute approximate surface area is 122 Å². The van der Waals surface area contributed by atoms with E-state index in [-0.39, 0.29) is 31.7 Å². The van der Waals surface area contributed by atoms with Crippen LogP contribution in [0.1, 0.15) is 39.5 Å². The van der Waals surface area contributed by atoms with Crippen molar-refractivity contribution in [3.8, 4) is 0 Å². The average molecular weight is 330 g/mol. The van der Waals surface area contributed by atoms with Crippen LogP contribution in [0.4, 0.5) is 13.2 Å². The molecule has 1 saturated carbocycles. The maximum absolute atomic E-state index is 12.5. The van der Waals surface area contributed by atoms with E-state index in [1.165, 1.54) is 13.8 Å². The second-order valence-electron chi connectivity index (χ2n) is 6.06. The predicted molar refractivity (Wildman–Crippen MR) is 72.0 cm³/mol. The van der Waals surface area contributed by atoms with Crippen molar-refractivity contribution in [3.63, 3.8) is 0 Å². The van der Waals surface area contributed by atoms with Gasteiger partial charge in [-0.2, -0.15) is 13.2 Å². The van der Waals surface area contributed by atoms with E-state index in [9.17, 15) is 26.4 Å². The summed E-state index contributed by atoms with van der Waals surface area (Å²) >= 11 is 0. The SMILES string of the molecule is CC(C)(NS(C)(=O)=O)C(=O)NC1CCC(C(F)(F)F)CC1. The van der Waals surface area contributed by atoms with E-state index in [4.69, 9.17) is 0 Å². The summed E-state index contributed by atoms with van der Waals surface area (Å²) in [5.74, 6) is -1.85. The van der Waals surface area contributed by atoms with Crippen molar-refractivity contribution in [3.05, 3.63) is 0 Å². The highest BCUT2D eigenvalue weighted by Crippen LogP contribution is 2.37. The van der Waals surface area contributed by atoms with Crippen LogP contribution in [0.15, 0.2) is 0 Å². The van der Waals surface area contributed by atoms with Gasteiger partial charge in [0.2, 0.25) is 15.9 Å². The smallest absolute Gasteiger partial charge is 0.352 e. The van der Waals surface area contributed by atoms with Gasteiger partial charge in [-0.3, -0.25) is 4.79 Å². The number of alkyl halides is 3. The zero-order chi connectivity index (χ0) is 16.5. The van der Waals surface area contributed by atoms with Crippen molar-refractivity contribution >= 4 is 15.9 Å². The molecule has 0 heterocycles. The monoisotopic (exact) mass is 330 g/mol. The van der Waals surface area contributed by atoms with Crippen molar-refractivity contribution in [1.29, 1.82) is 0 Å². The average Bonchev–Trinajstić information content (AvgIpc) is 2.25. The maximum Gasteiger partial charge on any atom is 0.391 e. The molecule has 5 nitrogen and oxygen atoms in total. The van der Waals surface area contributed by atoms with Crippen LogP contribution in [0.25, 0.3) is 0 Å². The van der Waals surface area contributed by atoms with Crippen LogP contribution in [0.5, 0.6) is 0 Å². The van der Waals surface area contributed by atoms with E-state index in [1.54, 1.807) is 0 Å². The molecule has 1 aliphatic rings. The summed E-state index contributed by atoms with van der Waals surface area (Å²) in [5.41, 5.74) is -1.34. The molecule has 2 N–H and O–H groups in total. The summed E-state index contributed by atoms with van der Waals surface area (Å²) in [7, 11) is -3.56. The summed E-state index contributed by atoms with van der Waals surface area (Å²) in [6.07, 6.45) is -2.80. The quantitative estimate of drug-likeness (QED) is 0.821. The zero-order valence-corrected chi connectivity index (χ0v) is 13.1. The van der Waals surface area contributed by atoms with Crippen molar-refractivity contribution in [1.82, 2.24) is 10.0 Å². The number of carbonyl (C=O) groups excluding carboxylic acids is 1. The molecule has 0 aromatic heterocycles. The van der Waals surface area contributed by atoms with Crippen molar-refractivity contribution in [2.75, 3.05) is 6.26 Å². The molecule has 124 valence electrons. The lowest BCUT2D eigenvalue weighted by molar-refractivity contribution is -0.182. The molecule has 1 fully saturated rings. The molecule has 0 aromatic rings. The van der Waals surface area contributed by atoms with Gasteiger partial charge >= 0.3 is 6.18 Å². The van der Waals surface area contributed by atoms with E-state index in [1.807, 2.05) is 0 Å². The van der Waals surface area contributed by atoms with Gasteiger partial charge in [0.25, 0.3) is 0 Å². The molecule has 1 rings (SSSR count). The second-order valence-corrected chi connectivity index (χ2v) is 7.81. The highest BCUT2D eigenvalue weighted by molar-refractivity contribution is 7.88. The number of halogens is 3. The number of nitrogens with one attached hydrogen (secondary N) is 2. The second kappa shape index (κ2) is 6.12. The third-order valence-corrected chi connectivity index (χ3v) is 4.41. The molecule has 0 atom stereocenters. The lowest BCUT2D eigenvalue weighted by atomic mass is 9.85. The molecule has 0 aromatic carbocycles. The first-order chi connectivity index (χ1) is 9.31. The van der Waals surface area contributed by atoms with Crippen LogP contribution >= 0.6 is 0 Å². The maximum atomic E-state index is 12.5. The lowest BCUT2D eigenvalue weighted by Gasteiger charge is -2.32. The van der Waals surface area contributed by atoms with Crippen LogP contribution in [0.3, 0.4) is 0 Å². The third kappa shape index (κ3) is 5.82. The predicted octanol–water partition coefficient (Wildman–Crippen LogP) is 1.55. The largest absolute Gasteiger partial charge is 0.391 e. The summed E-state index contributed by atoms with van der Waals surface area (Å²) < 4.78 is 62.2. The minimum absolute atomic E-state index is 0.0195. The van der Waals surface area contributed by atoms with Gasteiger partial charge < -0.3 is 5.32 Å². The molecule has 21 heavy (non-hydrogen) atoms. The normalized spacial score (nSPS) is 24.7. The van der Waals surface area contributed by atoms with Crippen LogP contribution in [0.2, 0.25) is 0 Å². The Morgan fingerprint density at radius 2 is 1.57 bits per heavy atom. The Balaban J connectivity index is 2.54. The van der Waals surface area contributed by atoms with Crippen LogP contribution in [-0.2, 0) is 14.8 Å². The fourth-order valence-corrected chi connectivity index (χ4v) is 3.46. The number of hydrogen-bond acceptors (Lipinski definition) is 3. The van der Waals surface area contributed by atoms with Gasteiger partial charge in [0.1, 0.15) is 5.54 Å². The Morgan fingerprint density at radius 3 is 1.95 bits per heavy atom. The minimum atomic E-state index is -4.19. The number of hydrogen-bond donors (Lipinski definition) is 2. The summed E-state index contributed by atoms with van der Waals surface area (Å²) in [6.45, 7) is 2.81. The molecule has 0 aliphatic heterocycles. The number of sulfonamides is 1. The Bertz CT molecular complexity index is 480. The van der Waals surface area contributed by atoms with Gasteiger partial charge in [0.05, 0.1) is 12.2 Å². The minimum Gasteiger partial charge on any atom is -0.352 e. The Hall–Kier alpha value is -0.830. The first kappa shape index (κ1) is 18.2. The van der Waals surface area contributed by atoms with Crippen molar-refractivity contribution < 1.29 is 26.4 Å². The summed E-state index contributed by atoms with van der Waals surface area (Å²) in [5, 5.41) is 2.62. The van der Waals surface area contributed by atoms with E-state index in [0.717, 1.165) is 6.26 Å². The summed E-state index contributed by atoms with van der Waals surface area (Å²) in [4.78, 5) is 12.0. The zero-order valence-electron chi connectivity index (χ0n) is 12.3. The lowest BCUT2D eigenvalue weighted by Crippen LogP contribution is -2.56. The van der Waals surface area contributed by atoms with Crippen LogP contribution < -0.4 is 10.0 Å². The fraction of sp³-hybridized carbons (Fsp3) is 0.917. The van der Waals surface area contributed by atoms with Crippen molar-refractivity contribution in [2.45, 2.75) is 57.3 Å². The van der Waals surface area contributed by atoms with E-state index >= 15 is 0 Å². The van der Waals surface area contributed by atoms with Crippen LogP contribution in [-0.4, -0.2) is 38.3 Å². The molecular weight excluding hydrogens is 309 g/mol. The molecule has 0 spiro atoms. The molecule has 0 radical (unpaired) electrons. The third-order valence-electron chi connectivity index (χ3n) is 3.53. The van der Waals surface area contributed by atoms with Crippen molar-refractivity contribution in [2.24, 2.45) is 5.92 Å². The number of carbonyl (C=O) groups is 1. The summed E-state index contributed by atoms with van der Waals surface area (Å²) in [6, 6.07) is -0.350. The standard InChI is InChI=1S/C12H21F3N2O3S/c1-11(2,17-21(3,19)20)10(18)16-9-6-4-8(5-7-9)12(13,14)15/h8-9,17H,4-7H2,1-3H3,(H,16,18). The molecule has 9 heteroatoms. The molecule has 0 saturated heterocycles. The van der Waals surface area contributed by atoms with Gasteiger partial charge in [0, 0.05) is 6.04 Å².